The number of amides is 1. The standard InChI is InChI=1S/C18H20N2O4S.CH2O2/c21-18(16-3-4-17(25-16)20-7-9-22-10-8-20)19-6-5-13-1-2-14-15(11-13)24-12-23-14;2-1-3/h1-4,11H,5-10,12H2,(H,19,21);1H,(H,2,3). The van der Waals surface area contributed by atoms with Crippen LogP contribution in [0, 0.1) is 0 Å². The average Bonchev–Trinajstić information content (AvgIpc) is 3.38. The number of carboxylic acid groups (broad SMARTS) is 1. The fraction of sp³-hybridized carbons (Fsp3) is 0.368. The largest absolute Gasteiger partial charge is 0.483 e. The number of benzene rings is 1. The first-order chi connectivity index (χ1) is 13.7. The van der Waals surface area contributed by atoms with Crippen LogP contribution in [0.4, 0.5) is 5.00 Å². The first-order valence-electron chi connectivity index (χ1n) is 8.88. The van der Waals surface area contributed by atoms with E-state index >= 15 is 0 Å². The smallest absolute Gasteiger partial charge is 0.290 e. The Morgan fingerprint density at radius 1 is 1.18 bits per heavy atom. The van der Waals surface area contributed by atoms with E-state index in [4.69, 9.17) is 24.1 Å². The van der Waals surface area contributed by atoms with E-state index in [0.717, 1.165) is 59.7 Å². The molecule has 28 heavy (non-hydrogen) atoms. The van der Waals surface area contributed by atoms with Gasteiger partial charge in [-0.1, -0.05) is 6.07 Å². The summed E-state index contributed by atoms with van der Waals surface area (Å²) < 4.78 is 16.0. The number of ether oxygens (including phenoxy) is 3. The predicted molar refractivity (Wildman–Crippen MR) is 105 cm³/mol. The second kappa shape index (κ2) is 9.95. The lowest BCUT2D eigenvalue weighted by Crippen LogP contribution is -2.35. The number of morpholine rings is 1. The van der Waals surface area contributed by atoms with Gasteiger partial charge in [-0.2, -0.15) is 0 Å². The molecule has 1 amide bonds. The van der Waals surface area contributed by atoms with Gasteiger partial charge in [0.2, 0.25) is 6.79 Å². The molecule has 1 fully saturated rings. The molecule has 9 heteroatoms. The van der Waals surface area contributed by atoms with Gasteiger partial charge in [-0.3, -0.25) is 9.59 Å². The summed E-state index contributed by atoms with van der Waals surface area (Å²) in [6, 6.07) is 9.79. The summed E-state index contributed by atoms with van der Waals surface area (Å²) in [6.07, 6.45) is 0.754. The zero-order valence-corrected chi connectivity index (χ0v) is 16.1. The maximum atomic E-state index is 12.3. The van der Waals surface area contributed by atoms with Gasteiger partial charge in [0.05, 0.1) is 23.1 Å². The molecule has 0 spiro atoms. The molecule has 0 bridgehead atoms. The summed E-state index contributed by atoms with van der Waals surface area (Å²) >= 11 is 1.53. The minimum absolute atomic E-state index is 0.0229. The normalized spacial score (nSPS) is 14.8. The van der Waals surface area contributed by atoms with E-state index in [-0.39, 0.29) is 19.2 Å². The number of hydrogen-bond acceptors (Lipinski definition) is 7. The Hall–Kier alpha value is -2.78. The van der Waals surface area contributed by atoms with Gasteiger partial charge in [-0.15, -0.1) is 11.3 Å². The number of carbonyl (C=O) groups is 2. The molecular weight excluding hydrogens is 384 g/mol. The second-order valence-electron chi connectivity index (χ2n) is 6.04. The number of hydrogen-bond donors (Lipinski definition) is 2. The highest BCUT2D eigenvalue weighted by Gasteiger charge is 2.16. The highest BCUT2D eigenvalue weighted by Crippen LogP contribution is 2.32. The summed E-state index contributed by atoms with van der Waals surface area (Å²) in [4.78, 5) is 23.7. The Morgan fingerprint density at radius 2 is 1.93 bits per heavy atom. The first-order valence-corrected chi connectivity index (χ1v) is 9.70. The molecule has 4 rings (SSSR count). The molecule has 2 aliphatic rings. The molecule has 2 N–H and O–H groups in total. The van der Waals surface area contributed by atoms with Gasteiger partial charge in [-0.05, 0) is 36.2 Å². The summed E-state index contributed by atoms with van der Waals surface area (Å²) in [5, 5.41) is 11.0. The van der Waals surface area contributed by atoms with E-state index in [1.807, 2.05) is 30.3 Å². The van der Waals surface area contributed by atoms with E-state index in [1.165, 1.54) is 11.3 Å². The quantitative estimate of drug-likeness (QED) is 0.733. The maximum Gasteiger partial charge on any atom is 0.290 e. The van der Waals surface area contributed by atoms with Crippen molar-refractivity contribution in [2.24, 2.45) is 0 Å². The van der Waals surface area contributed by atoms with Crippen LogP contribution in [0.15, 0.2) is 30.3 Å². The van der Waals surface area contributed by atoms with Crippen molar-refractivity contribution < 1.29 is 28.9 Å². The fourth-order valence-corrected chi connectivity index (χ4v) is 3.88. The maximum absolute atomic E-state index is 12.3. The van der Waals surface area contributed by atoms with Gasteiger partial charge >= 0.3 is 0 Å². The van der Waals surface area contributed by atoms with Gasteiger partial charge in [-0.25, -0.2) is 0 Å². The van der Waals surface area contributed by atoms with Crippen LogP contribution >= 0.6 is 11.3 Å². The van der Waals surface area contributed by atoms with Crippen LogP contribution in [-0.4, -0.2) is 57.1 Å². The first kappa shape index (κ1) is 20.0. The molecule has 2 aliphatic heterocycles. The number of anilines is 1. The summed E-state index contributed by atoms with van der Waals surface area (Å²) in [5.74, 6) is 1.53. The molecule has 1 aromatic heterocycles. The van der Waals surface area contributed by atoms with Crippen LogP contribution in [0.3, 0.4) is 0 Å². The van der Waals surface area contributed by atoms with Crippen molar-refractivity contribution >= 4 is 28.7 Å². The topological polar surface area (TPSA) is 97.3 Å². The minimum atomic E-state index is -0.250. The molecule has 8 nitrogen and oxygen atoms in total. The molecule has 0 atom stereocenters. The number of fused-ring (bicyclic) bond motifs is 1. The predicted octanol–water partition coefficient (Wildman–Crippen LogP) is 1.99. The number of nitrogens with one attached hydrogen (secondary N) is 1. The Bertz CT molecular complexity index is 803. The van der Waals surface area contributed by atoms with E-state index in [9.17, 15) is 4.79 Å². The molecule has 0 radical (unpaired) electrons. The summed E-state index contributed by atoms with van der Waals surface area (Å²) in [7, 11) is 0. The van der Waals surface area contributed by atoms with Crippen LogP contribution in [0.2, 0.25) is 0 Å². The minimum Gasteiger partial charge on any atom is -0.483 e. The van der Waals surface area contributed by atoms with E-state index < -0.39 is 0 Å². The molecule has 150 valence electrons. The van der Waals surface area contributed by atoms with Gasteiger partial charge in [0, 0.05) is 19.6 Å². The SMILES string of the molecule is O=C(NCCc1ccc2c(c1)OCO2)c1ccc(N2CCOCC2)s1.O=CO. The number of thiophene rings is 1. The van der Waals surface area contributed by atoms with Crippen molar-refractivity contribution in [2.45, 2.75) is 6.42 Å². The van der Waals surface area contributed by atoms with Crippen molar-refractivity contribution in [1.29, 1.82) is 0 Å². The summed E-state index contributed by atoms with van der Waals surface area (Å²) in [6.45, 7) is 3.87. The van der Waals surface area contributed by atoms with E-state index in [2.05, 4.69) is 10.2 Å². The van der Waals surface area contributed by atoms with Crippen molar-refractivity contribution in [1.82, 2.24) is 5.32 Å². The zero-order chi connectivity index (χ0) is 19.8. The summed E-state index contributed by atoms with van der Waals surface area (Å²) in [5.41, 5.74) is 1.12. The van der Waals surface area contributed by atoms with Crippen molar-refractivity contribution in [2.75, 3.05) is 44.5 Å². The van der Waals surface area contributed by atoms with Gasteiger partial charge in [0.1, 0.15) is 0 Å². The molecule has 2 aromatic rings. The Balaban J connectivity index is 0.000000706. The third-order valence-electron chi connectivity index (χ3n) is 4.27. The molecule has 0 aliphatic carbocycles. The molecule has 0 unspecified atom stereocenters. The lowest BCUT2D eigenvalue weighted by atomic mass is 10.1. The number of carbonyl (C=O) groups excluding carboxylic acids is 1. The monoisotopic (exact) mass is 406 g/mol. The van der Waals surface area contributed by atoms with Crippen molar-refractivity contribution in [3.8, 4) is 11.5 Å². The molecule has 1 aromatic carbocycles. The molecular formula is C19H22N2O6S. The van der Waals surface area contributed by atoms with Gasteiger partial charge in [0.25, 0.3) is 12.4 Å². The number of nitrogens with zero attached hydrogens (tertiary/aromatic N) is 1. The third kappa shape index (κ3) is 5.14. The van der Waals surface area contributed by atoms with Gasteiger partial charge < -0.3 is 29.5 Å². The number of rotatable bonds is 5. The fourth-order valence-electron chi connectivity index (χ4n) is 2.91. The highest BCUT2D eigenvalue weighted by molar-refractivity contribution is 7.18. The van der Waals surface area contributed by atoms with Crippen LogP contribution in [0.25, 0.3) is 0 Å². The Kier molecular flexibility index (Phi) is 7.10. The van der Waals surface area contributed by atoms with Crippen LogP contribution in [0.1, 0.15) is 15.2 Å². The lowest BCUT2D eigenvalue weighted by Gasteiger charge is -2.27. The van der Waals surface area contributed by atoms with Crippen LogP contribution in [0.5, 0.6) is 11.5 Å². The molecule has 1 saturated heterocycles. The van der Waals surface area contributed by atoms with Crippen molar-refractivity contribution in [3.63, 3.8) is 0 Å². The third-order valence-corrected chi connectivity index (χ3v) is 5.42. The van der Waals surface area contributed by atoms with E-state index in [1.54, 1.807) is 0 Å². The Morgan fingerprint density at radius 3 is 2.71 bits per heavy atom. The molecule has 0 saturated carbocycles. The van der Waals surface area contributed by atoms with Crippen LogP contribution in [-0.2, 0) is 16.0 Å². The lowest BCUT2D eigenvalue weighted by molar-refractivity contribution is -0.122. The van der Waals surface area contributed by atoms with Crippen molar-refractivity contribution in [3.05, 3.63) is 40.8 Å². The van der Waals surface area contributed by atoms with E-state index in [0.29, 0.717) is 6.54 Å². The Labute approximate surface area is 166 Å². The molecule has 3 heterocycles. The van der Waals surface area contributed by atoms with Gasteiger partial charge in [0.15, 0.2) is 11.5 Å². The second-order valence-corrected chi connectivity index (χ2v) is 7.10. The highest BCUT2D eigenvalue weighted by atomic mass is 32.1. The van der Waals surface area contributed by atoms with Crippen LogP contribution < -0.4 is 19.7 Å². The average molecular weight is 406 g/mol. The zero-order valence-electron chi connectivity index (χ0n) is 15.3.